The van der Waals surface area contributed by atoms with Gasteiger partial charge in [0.25, 0.3) is 0 Å². The second-order valence-corrected chi connectivity index (χ2v) is 8.38. The van der Waals surface area contributed by atoms with Crippen molar-refractivity contribution in [3.05, 3.63) is 23.8 Å². The number of hydrogen-bond donors (Lipinski definition) is 0. The molecule has 1 aliphatic carbocycles. The van der Waals surface area contributed by atoms with Gasteiger partial charge in [0.2, 0.25) is 6.79 Å². The van der Waals surface area contributed by atoms with Gasteiger partial charge in [-0.1, -0.05) is 12.5 Å². The zero-order valence-corrected chi connectivity index (χ0v) is 15.7. The summed E-state index contributed by atoms with van der Waals surface area (Å²) in [6.45, 7) is 8.81. The normalized spacial score (nSPS) is 28.2. The SMILES string of the molecule is c1cc2c(cc1CN1CCN([C@H]3CCCN(C4CCC4)C3)CC1)OCO2. The van der Waals surface area contributed by atoms with Gasteiger partial charge < -0.3 is 9.47 Å². The standard InChI is InChI=1S/C21H31N3O2/c1-3-18(4-1)24-8-2-5-19(15-24)23-11-9-22(10-12-23)14-17-6-7-20-21(13-17)26-16-25-20/h6-7,13,18-19H,1-5,8-12,14-16H2/t19-/m0/s1. The number of piperidine rings is 1. The van der Waals surface area contributed by atoms with Gasteiger partial charge >= 0.3 is 0 Å². The summed E-state index contributed by atoms with van der Waals surface area (Å²) < 4.78 is 10.9. The predicted octanol–water partition coefficient (Wildman–Crippen LogP) is 2.55. The fourth-order valence-corrected chi connectivity index (χ4v) is 4.95. The molecule has 5 rings (SSSR count). The fraction of sp³-hybridized carbons (Fsp3) is 0.714. The summed E-state index contributed by atoms with van der Waals surface area (Å²) in [5, 5.41) is 0. The van der Waals surface area contributed by atoms with Crippen LogP contribution in [0.3, 0.4) is 0 Å². The largest absolute Gasteiger partial charge is 0.454 e. The Morgan fingerprint density at radius 1 is 0.808 bits per heavy atom. The lowest BCUT2D eigenvalue weighted by atomic mass is 9.89. The molecule has 3 heterocycles. The molecule has 1 saturated carbocycles. The Morgan fingerprint density at radius 3 is 2.42 bits per heavy atom. The fourth-order valence-electron chi connectivity index (χ4n) is 4.95. The number of ether oxygens (including phenoxy) is 2. The van der Waals surface area contributed by atoms with Crippen LogP contribution in [-0.4, -0.2) is 72.8 Å². The van der Waals surface area contributed by atoms with Crippen molar-refractivity contribution in [3.63, 3.8) is 0 Å². The summed E-state index contributed by atoms with van der Waals surface area (Å²) in [4.78, 5) is 8.14. The number of likely N-dealkylation sites (tertiary alicyclic amines) is 1. The van der Waals surface area contributed by atoms with Crippen molar-refractivity contribution < 1.29 is 9.47 Å². The quantitative estimate of drug-likeness (QED) is 0.826. The number of rotatable bonds is 4. The lowest BCUT2D eigenvalue weighted by molar-refractivity contribution is 0.0205. The van der Waals surface area contributed by atoms with Gasteiger partial charge in [-0.25, -0.2) is 0 Å². The molecule has 0 aromatic heterocycles. The molecular weight excluding hydrogens is 326 g/mol. The van der Waals surface area contributed by atoms with Crippen LogP contribution in [0.5, 0.6) is 11.5 Å². The first-order chi connectivity index (χ1) is 12.8. The van der Waals surface area contributed by atoms with Crippen LogP contribution in [0.2, 0.25) is 0 Å². The topological polar surface area (TPSA) is 28.2 Å². The van der Waals surface area contributed by atoms with E-state index in [1.807, 2.05) is 6.07 Å². The third-order valence-corrected chi connectivity index (χ3v) is 6.79. The van der Waals surface area contributed by atoms with Crippen molar-refractivity contribution in [2.45, 2.75) is 50.7 Å². The predicted molar refractivity (Wildman–Crippen MR) is 102 cm³/mol. The molecule has 3 fully saturated rings. The zero-order chi connectivity index (χ0) is 17.3. The van der Waals surface area contributed by atoms with Crippen molar-refractivity contribution in [2.75, 3.05) is 46.1 Å². The van der Waals surface area contributed by atoms with Crippen LogP contribution in [0.4, 0.5) is 0 Å². The van der Waals surface area contributed by atoms with Gasteiger partial charge in [-0.2, -0.15) is 0 Å². The molecule has 4 aliphatic rings. The molecular formula is C21H31N3O2. The number of hydrogen-bond acceptors (Lipinski definition) is 5. The van der Waals surface area contributed by atoms with Crippen LogP contribution in [0, 0.1) is 0 Å². The first-order valence-electron chi connectivity index (χ1n) is 10.4. The van der Waals surface area contributed by atoms with Gasteiger partial charge in [-0.05, 0) is 49.9 Å². The summed E-state index contributed by atoms with van der Waals surface area (Å²) in [5.74, 6) is 1.78. The molecule has 0 N–H and O–H groups in total. The van der Waals surface area contributed by atoms with Crippen LogP contribution >= 0.6 is 0 Å². The molecule has 0 spiro atoms. The molecule has 1 aromatic rings. The summed E-state index contributed by atoms with van der Waals surface area (Å²) in [6, 6.07) is 8.07. The molecule has 1 aromatic carbocycles. The second kappa shape index (κ2) is 7.37. The number of fused-ring (bicyclic) bond motifs is 1. The smallest absolute Gasteiger partial charge is 0.231 e. The molecule has 5 nitrogen and oxygen atoms in total. The number of piperazine rings is 1. The van der Waals surface area contributed by atoms with E-state index in [1.54, 1.807) is 0 Å². The van der Waals surface area contributed by atoms with Crippen LogP contribution in [0.15, 0.2) is 18.2 Å². The van der Waals surface area contributed by atoms with Crippen LogP contribution in [-0.2, 0) is 6.54 Å². The van der Waals surface area contributed by atoms with Gasteiger partial charge in [0.15, 0.2) is 11.5 Å². The van der Waals surface area contributed by atoms with Crippen LogP contribution in [0.1, 0.15) is 37.7 Å². The van der Waals surface area contributed by atoms with Gasteiger partial charge in [0.05, 0.1) is 0 Å². The molecule has 0 amide bonds. The maximum Gasteiger partial charge on any atom is 0.231 e. The maximum absolute atomic E-state index is 5.51. The van der Waals surface area contributed by atoms with E-state index in [0.717, 1.165) is 30.1 Å². The molecule has 3 aliphatic heterocycles. The lowest BCUT2D eigenvalue weighted by Crippen LogP contribution is -2.56. The minimum absolute atomic E-state index is 0.358. The Bertz CT molecular complexity index is 626. The van der Waals surface area contributed by atoms with E-state index in [1.165, 1.54) is 76.9 Å². The molecule has 0 radical (unpaired) electrons. The van der Waals surface area contributed by atoms with Crippen molar-refractivity contribution in [2.24, 2.45) is 0 Å². The maximum atomic E-state index is 5.51. The highest BCUT2D eigenvalue weighted by molar-refractivity contribution is 5.44. The highest BCUT2D eigenvalue weighted by Crippen LogP contribution is 2.33. The van der Waals surface area contributed by atoms with E-state index in [4.69, 9.17) is 9.47 Å². The van der Waals surface area contributed by atoms with E-state index in [2.05, 4.69) is 26.8 Å². The number of nitrogens with zero attached hydrogens (tertiary/aromatic N) is 3. The van der Waals surface area contributed by atoms with E-state index < -0.39 is 0 Å². The molecule has 0 bridgehead atoms. The van der Waals surface area contributed by atoms with Crippen molar-refractivity contribution in [1.82, 2.24) is 14.7 Å². The first-order valence-corrected chi connectivity index (χ1v) is 10.4. The molecule has 5 heteroatoms. The highest BCUT2D eigenvalue weighted by atomic mass is 16.7. The summed E-state index contributed by atoms with van der Waals surface area (Å²) >= 11 is 0. The van der Waals surface area contributed by atoms with Gasteiger partial charge in [-0.15, -0.1) is 0 Å². The Hall–Kier alpha value is -1.30. The average molecular weight is 357 g/mol. The van der Waals surface area contributed by atoms with Crippen molar-refractivity contribution in [1.29, 1.82) is 0 Å². The van der Waals surface area contributed by atoms with E-state index in [-0.39, 0.29) is 0 Å². The van der Waals surface area contributed by atoms with Crippen LogP contribution in [0.25, 0.3) is 0 Å². The Kier molecular flexibility index (Phi) is 4.78. The average Bonchev–Trinajstić information content (AvgIpc) is 3.09. The van der Waals surface area contributed by atoms with Gasteiger partial charge in [0.1, 0.15) is 0 Å². The minimum Gasteiger partial charge on any atom is -0.454 e. The lowest BCUT2D eigenvalue weighted by Gasteiger charge is -2.47. The first kappa shape index (κ1) is 16.8. The monoisotopic (exact) mass is 357 g/mol. The van der Waals surface area contributed by atoms with Crippen molar-refractivity contribution in [3.8, 4) is 11.5 Å². The summed E-state index contributed by atoms with van der Waals surface area (Å²) in [7, 11) is 0. The third kappa shape index (κ3) is 3.45. The molecule has 1 atom stereocenters. The van der Waals surface area contributed by atoms with Crippen molar-refractivity contribution >= 4 is 0 Å². The minimum atomic E-state index is 0.358. The van der Waals surface area contributed by atoms with E-state index in [9.17, 15) is 0 Å². The zero-order valence-electron chi connectivity index (χ0n) is 15.7. The third-order valence-electron chi connectivity index (χ3n) is 6.79. The molecule has 26 heavy (non-hydrogen) atoms. The Labute approximate surface area is 156 Å². The number of benzene rings is 1. The van der Waals surface area contributed by atoms with E-state index >= 15 is 0 Å². The highest BCUT2D eigenvalue weighted by Gasteiger charge is 2.32. The molecule has 2 saturated heterocycles. The molecule has 0 unspecified atom stereocenters. The summed E-state index contributed by atoms with van der Waals surface area (Å²) in [5.41, 5.74) is 1.33. The van der Waals surface area contributed by atoms with Gasteiger partial charge in [-0.3, -0.25) is 14.7 Å². The van der Waals surface area contributed by atoms with Gasteiger partial charge in [0, 0.05) is 51.4 Å². The Balaban J connectivity index is 1.12. The Morgan fingerprint density at radius 2 is 1.62 bits per heavy atom. The second-order valence-electron chi connectivity index (χ2n) is 8.38. The molecule has 142 valence electrons. The van der Waals surface area contributed by atoms with Crippen LogP contribution < -0.4 is 9.47 Å². The summed E-state index contributed by atoms with van der Waals surface area (Å²) in [6.07, 6.45) is 7.11. The van der Waals surface area contributed by atoms with E-state index in [0.29, 0.717) is 6.79 Å².